The summed E-state index contributed by atoms with van der Waals surface area (Å²) in [5.41, 5.74) is 1.94. The molecule has 7 heteroatoms. The number of methoxy groups -OCH3 is 2. The smallest absolute Gasteiger partial charge is 0.270 e. The minimum absolute atomic E-state index is 0.0514. The number of hydrogen-bond acceptors (Lipinski definition) is 4. The molecule has 2 atom stereocenters. The molecule has 166 valence electrons. The Morgan fingerprint density at radius 1 is 1.03 bits per heavy atom. The highest BCUT2D eigenvalue weighted by molar-refractivity contribution is 5.98. The van der Waals surface area contributed by atoms with E-state index in [1.165, 1.54) is 0 Å². The largest absolute Gasteiger partial charge is 0.497 e. The second kappa shape index (κ2) is 7.89. The van der Waals surface area contributed by atoms with Gasteiger partial charge in [-0.25, -0.2) is 0 Å². The molecule has 0 unspecified atom stereocenters. The molecule has 3 aromatic rings. The zero-order valence-electron chi connectivity index (χ0n) is 18.3. The summed E-state index contributed by atoms with van der Waals surface area (Å²) >= 11 is 0. The number of nitrogens with one attached hydrogen (secondary N) is 2. The minimum Gasteiger partial charge on any atom is -0.497 e. The van der Waals surface area contributed by atoms with E-state index in [1.54, 1.807) is 14.2 Å². The van der Waals surface area contributed by atoms with Crippen LogP contribution in [0.25, 0.3) is 10.9 Å². The SMILES string of the molecule is COc1ccc([C@H]2N(C(=O)c3cc4ccc(OC)cc4[nH]3)CCC[C@]23CCC(=O)N3)cc1. The van der Waals surface area contributed by atoms with Crippen LogP contribution in [0, 0.1) is 0 Å². The Hall–Kier alpha value is -3.48. The average Bonchev–Trinajstić information content (AvgIpc) is 3.41. The molecule has 0 aliphatic carbocycles. The van der Waals surface area contributed by atoms with Crippen LogP contribution >= 0.6 is 0 Å². The third-order valence-corrected chi connectivity index (χ3v) is 6.80. The van der Waals surface area contributed by atoms with Gasteiger partial charge in [-0.2, -0.15) is 0 Å². The fourth-order valence-electron chi connectivity index (χ4n) is 5.27. The maximum absolute atomic E-state index is 13.8. The highest BCUT2D eigenvalue weighted by atomic mass is 16.5. The summed E-state index contributed by atoms with van der Waals surface area (Å²) in [4.78, 5) is 31.2. The van der Waals surface area contributed by atoms with E-state index in [0.717, 1.165) is 47.2 Å². The summed E-state index contributed by atoms with van der Waals surface area (Å²) in [7, 11) is 3.26. The van der Waals surface area contributed by atoms with E-state index in [9.17, 15) is 9.59 Å². The first-order valence-corrected chi connectivity index (χ1v) is 11.0. The van der Waals surface area contributed by atoms with Crippen LogP contribution in [0.3, 0.4) is 0 Å². The van der Waals surface area contributed by atoms with Gasteiger partial charge < -0.3 is 24.7 Å². The average molecular weight is 434 g/mol. The van der Waals surface area contributed by atoms with Gasteiger partial charge in [0.05, 0.1) is 25.8 Å². The van der Waals surface area contributed by atoms with Gasteiger partial charge in [0.15, 0.2) is 0 Å². The molecule has 2 amide bonds. The number of likely N-dealkylation sites (tertiary alicyclic amines) is 1. The maximum atomic E-state index is 13.8. The summed E-state index contributed by atoms with van der Waals surface area (Å²) in [6.45, 7) is 0.631. The van der Waals surface area contributed by atoms with E-state index < -0.39 is 5.54 Å². The van der Waals surface area contributed by atoms with Crippen molar-refractivity contribution in [2.24, 2.45) is 0 Å². The van der Waals surface area contributed by atoms with Crippen molar-refractivity contribution in [2.75, 3.05) is 20.8 Å². The Labute approximate surface area is 186 Å². The molecule has 2 fully saturated rings. The van der Waals surface area contributed by atoms with E-state index in [4.69, 9.17) is 9.47 Å². The van der Waals surface area contributed by atoms with Gasteiger partial charge in [0.25, 0.3) is 5.91 Å². The molecule has 1 spiro atoms. The number of piperidine rings is 1. The van der Waals surface area contributed by atoms with Gasteiger partial charge in [-0.1, -0.05) is 12.1 Å². The highest BCUT2D eigenvalue weighted by Gasteiger charge is 2.51. The Kier molecular flexibility index (Phi) is 5.04. The summed E-state index contributed by atoms with van der Waals surface area (Å²) in [5, 5.41) is 4.19. The standard InChI is InChI=1S/C25H27N3O4/c1-31-18-7-4-16(5-8-18)23-25(12-10-22(29)27-25)11-3-13-28(23)24(30)21-14-17-6-9-19(32-2)15-20(17)26-21/h4-9,14-15,23,26H,3,10-13H2,1-2H3,(H,27,29)/t23-,25+/m1/s1. The van der Waals surface area contributed by atoms with Crippen LogP contribution in [0.15, 0.2) is 48.5 Å². The van der Waals surface area contributed by atoms with Crippen LogP contribution in [-0.2, 0) is 4.79 Å². The van der Waals surface area contributed by atoms with Crippen LogP contribution in [0.2, 0.25) is 0 Å². The number of aromatic nitrogens is 1. The molecule has 2 aromatic carbocycles. The number of amides is 2. The van der Waals surface area contributed by atoms with Crippen molar-refractivity contribution in [3.05, 3.63) is 59.8 Å². The van der Waals surface area contributed by atoms with Gasteiger partial charge in [0.2, 0.25) is 5.91 Å². The number of hydrogen-bond donors (Lipinski definition) is 2. The third-order valence-electron chi connectivity index (χ3n) is 6.80. The molecular weight excluding hydrogens is 406 g/mol. The van der Waals surface area contributed by atoms with E-state index in [1.807, 2.05) is 53.4 Å². The van der Waals surface area contributed by atoms with Gasteiger partial charge >= 0.3 is 0 Å². The number of aromatic amines is 1. The number of carbonyl (C=O) groups excluding carboxylic acids is 2. The first-order chi connectivity index (χ1) is 15.5. The molecule has 0 saturated carbocycles. The number of ether oxygens (including phenoxy) is 2. The Morgan fingerprint density at radius 2 is 1.78 bits per heavy atom. The van der Waals surface area contributed by atoms with Crippen LogP contribution in [-0.4, -0.2) is 48.0 Å². The molecule has 2 N–H and O–H groups in total. The zero-order valence-corrected chi connectivity index (χ0v) is 18.3. The quantitative estimate of drug-likeness (QED) is 0.655. The number of carbonyl (C=O) groups is 2. The maximum Gasteiger partial charge on any atom is 0.270 e. The van der Waals surface area contributed by atoms with E-state index in [-0.39, 0.29) is 17.9 Å². The monoisotopic (exact) mass is 433 g/mol. The Balaban J connectivity index is 1.55. The summed E-state index contributed by atoms with van der Waals surface area (Å²) in [5.74, 6) is 1.48. The van der Waals surface area contributed by atoms with Crippen molar-refractivity contribution in [2.45, 2.75) is 37.3 Å². The molecule has 0 bridgehead atoms. The van der Waals surface area contributed by atoms with Crippen LogP contribution < -0.4 is 14.8 Å². The van der Waals surface area contributed by atoms with Crippen molar-refractivity contribution >= 4 is 22.7 Å². The van der Waals surface area contributed by atoms with E-state index in [0.29, 0.717) is 18.7 Å². The van der Waals surface area contributed by atoms with Gasteiger partial charge in [-0.15, -0.1) is 0 Å². The van der Waals surface area contributed by atoms with Crippen molar-refractivity contribution in [1.82, 2.24) is 15.2 Å². The minimum atomic E-state index is -0.450. The molecule has 1 aromatic heterocycles. The fraction of sp³-hybridized carbons (Fsp3) is 0.360. The highest BCUT2D eigenvalue weighted by Crippen LogP contribution is 2.45. The molecule has 2 saturated heterocycles. The fourth-order valence-corrected chi connectivity index (χ4v) is 5.27. The molecule has 5 rings (SSSR count). The van der Waals surface area contributed by atoms with Gasteiger partial charge in [-0.3, -0.25) is 9.59 Å². The first-order valence-electron chi connectivity index (χ1n) is 11.0. The van der Waals surface area contributed by atoms with E-state index >= 15 is 0 Å². The zero-order chi connectivity index (χ0) is 22.3. The Bertz CT molecular complexity index is 1170. The second-order valence-electron chi connectivity index (χ2n) is 8.62. The molecule has 32 heavy (non-hydrogen) atoms. The second-order valence-corrected chi connectivity index (χ2v) is 8.62. The lowest BCUT2D eigenvalue weighted by Gasteiger charge is -2.48. The summed E-state index contributed by atoms with van der Waals surface area (Å²) in [6, 6.07) is 15.2. The van der Waals surface area contributed by atoms with Gasteiger partial charge in [0.1, 0.15) is 17.2 Å². The topological polar surface area (TPSA) is 83.7 Å². The predicted molar refractivity (Wildman–Crippen MR) is 121 cm³/mol. The summed E-state index contributed by atoms with van der Waals surface area (Å²) in [6.07, 6.45) is 2.90. The lowest BCUT2D eigenvalue weighted by Crippen LogP contribution is -2.58. The van der Waals surface area contributed by atoms with Crippen molar-refractivity contribution in [3.63, 3.8) is 0 Å². The first kappa shape index (κ1) is 20.4. The third kappa shape index (κ3) is 3.38. The summed E-state index contributed by atoms with van der Waals surface area (Å²) < 4.78 is 10.6. The van der Waals surface area contributed by atoms with Crippen LogP contribution in [0.4, 0.5) is 0 Å². The van der Waals surface area contributed by atoms with Crippen LogP contribution in [0.1, 0.15) is 47.8 Å². The number of nitrogens with zero attached hydrogens (tertiary/aromatic N) is 1. The molecular formula is C25H27N3O4. The molecule has 7 nitrogen and oxygen atoms in total. The lowest BCUT2D eigenvalue weighted by atomic mass is 9.76. The number of H-pyrrole nitrogens is 1. The Morgan fingerprint density at radius 3 is 2.47 bits per heavy atom. The van der Waals surface area contributed by atoms with E-state index in [2.05, 4.69) is 10.3 Å². The number of fused-ring (bicyclic) bond motifs is 1. The van der Waals surface area contributed by atoms with Crippen molar-refractivity contribution in [1.29, 1.82) is 0 Å². The van der Waals surface area contributed by atoms with Crippen molar-refractivity contribution in [3.8, 4) is 11.5 Å². The number of benzene rings is 2. The van der Waals surface area contributed by atoms with Crippen LogP contribution in [0.5, 0.6) is 11.5 Å². The van der Waals surface area contributed by atoms with Gasteiger partial charge in [0, 0.05) is 29.9 Å². The predicted octanol–water partition coefficient (Wildman–Crippen LogP) is 3.81. The van der Waals surface area contributed by atoms with Gasteiger partial charge in [-0.05, 0) is 55.2 Å². The normalized spacial score (nSPS) is 22.9. The molecule has 2 aliphatic heterocycles. The van der Waals surface area contributed by atoms with Crippen molar-refractivity contribution < 1.29 is 19.1 Å². The molecule has 0 radical (unpaired) electrons. The number of rotatable bonds is 4. The lowest BCUT2D eigenvalue weighted by molar-refractivity contribution is -0.120. The molecule has 3 heterocycles. The molecule has 2 aliphatic rings.